The second kappa shape index (κ2) is 10.1. The predicted octanol–water partition coefficient (Wildman–Crippen LogP) is 4.73. The molecule has 1 unspecified atom stereocenters. The molecule has 2 aromatic carbocycles. The fraction of sp³-hybridized carbons (Fsp3) is 0.269. The van der Waals surface area contributed by atoms with Gasteiger partial charge in [-0.25, -0.2) is 0 Å². The summed E-state index contributed by atoms with van der Waals surface area (Å²) >= 11 is 0. The summed E-state index contributed by atoms with van der Waals surface area (Å²) in [6.07, 6.45) is -4.82. The van der Waals surface area contributed by atoms with Crippen molar-refractivity contribution in [3.05, 3.63) is 89.2 Å². The Morgan fingerprint density at radius 1 is 0.973 bits per heavy atom. The minimum atomic E-state index is -4.58. The highest BCUT2D eigenvalue weighted by atomic mass is 19.4. The topological polar surface area (TPSA) is 105 Å². The number of piperidine rings is 1. The molecule has 190 valence electrons. The molecule has 4 aromatic rings. The first-order valence-corrected chi connectivity index (χ1v) is 11.7. The smallest absolute Gasteiger partial charge is 0.380 e. The van der Waals surface area contributed by atoms with E-state index in [9.17, 15) is 23.1 Å². The maximum atomic E-state index is 13.3. The third-order valence-corrected chi connectivity index (χ3v) is 6.36. The fourth-order valence-corrected chi connectivity index (χ4v) is 4.38. The average Bonchev–Trinajstić information content (AvgIpc) is 3.43. The minimum absolute atomic E-state index is 0.103. The summed E-state index contributed by atoms with van der Waals surface area (Å²) in [4.78, 5) is 19.0. The lowest BCUT2D eigenvalue weighted by Gasteiger charge is -2.32. The van der Waals surface area contributed by atoms with E-state index in [1.807, 2.05) is 11.0 Å². The fourth-order valence-electron chi connectivity index (χ4n) is 4.38. The van der Waals surface area contributed by atoms with Gasteiger partial charge < -0.3 is 14.5 Å². The number of aromatic nitrogens is 4. The number of hydrogen-bond acceptors (Lipinski definition) is 8. The van der Waals surface area contributed by atoms with Gasteiger partial charge in [0.2, 0.25) is 5.82 Å². The van der Waals surface area contributed by atoms with Crippen molar-refractivity contribution in [2.75, 3.05) is 18.0 Å². The predicted molar refractivity (Wildman–Crippen MR) is 127 cm³/mol. The third-order valence-electron chi connectivity index (χ3n) is 6.36. The summed E-state index contributed by atoms with van der Waals surface area (Å²) in [5.41, 5.74) is -0.227. The Morgan fingerprint density at radius 3 is 2.35 bits per heavy atom. The Bertz CT molecular complexity index is 1370. The van der Waals surface area contributed by atoms with Crippen molar-refractivity contribution in [2.24, 2.45) is 5.92 Å². The molecule has 1 aliphatic rings. The van der Waals surface area contributed by atoms with Crippen molar-refractivity contribution in [1.29, 1.82) is 0 Å². The van der Waals surface area contributed by atoms with E-state index in [1.165, 1.54) is 18.2 Å². The molecular weight excluding hydrogens is 487 g/mol. The summed E-state index contributed by atoms with van der Waals surface area (Å²) in [5.74, 6) is -0.212. The van der Waals surface area contributed by atoms with Crippen LogP contribution in [0.5, 0.6) is 0 Å². The molecule has 11 heteroatoms. The van der Waals surface area contributed by atoms with E-state index >= 15 is 0 Å². The zero-order valence-electron chi connectivity index (χ0n) is 19.5. The van der Waals surface area contributed by atoms with Gasteiger partial charge in [-0.05, 0) is 36.6 Å². The highest BCUT2D eigenvalue weighted by Crippen LogP contribution is 2.34. The number of aliphatic hydroxyl groups excluding tert-OH is 1. The molecule has 37 heavy (non-hydrogen) atoms. The largest absolute Gasteiger partial charge is 0.417 e. The van der Waals surface area contributed by atoms with Gasteiger partial charge >= 0.3 is 6.18 Å². The lowest BCUT2D eigenvalue weighted by molar-refractivity contribution is -0.137. The van der Waals surface area contributed by atoms with Crippen molar-refractivity contribution < 1.29 is 27.6 Å². The molecule has 3 heterocycles. The molecule has 8 nitrogen and oxygen atoms in total. The monoisotopic (exact) mass is 509 g/mol. The van der Waals surface area contributed by atoms with Crippen LogP contribution >= 0.6 is 0 Å². The van der Waals surface area contributed by atoms with Crippen LogP contribution < -0.4 is 4.90 Å². The van der Waals surface area contributed by atoms with E-state index in [0.717, 1.165) is 6.07 Å². The molecule has 0 amide bonds. The number of Topliss-reactive ketones (excluding diaryl/α,β-unsaturated/α-hetero) is 1. The Balaban J connectivity index is 1.23. The molecule has 5 rings (SSSR count). The number of rotatable bonds is 6. The zero-order chi connectivity index (χ0) is 26.0. The number of alkyl halides is 3. The van der Waals surface area contributed by atoms with Crippen LogP contribution in [0.1, 0.15) is 46.3 Å². The van der Waals surface area contributed by atoms with Crippen LogP contribution in [-0.2, 0) is 6.18 Å². The standard InChI is InChI=1S/C26H22F3N5O3/c27-26(28,29)19-9-5-4-8-18(19)22(35)17-12-14-34(15-13-17)21-11-10-20(31-32-21)25-30-24(33-37-25)23(36)16-6-2-1-3-7-16/h1-11,17,23,36H,12-15H2. The van der Waals surface area contributed by atoms with Crippen molar-refractivity contribution >= 4 is 11.6 Å². The Hall–Kier alpha value is -4.12. The molecular formula is C26H22F3N5O3. The molecule has 1 atom stereocenters. The summed E-state index contributed by atoms with van der Waals surface area (Å²) in [7, 11) is 0. The van der Waals surface area contributed by atoms with Crippen LogP contribution in [-0.4, -0.2) is 44.3 Å². The lowest BCUT2D eigenvalue weighted by atomic mass is 9.87. The molecule has 1 aliphatic heterocycles. The summed E-state index contributed by atoms with van der Waals surface area (Å²) < 4.78 is 45.2. The van der Waals surface area contributed by atoms with Gasteiger partial charge in [-0.1, -0.05) is 53.7 Å². The minimum Gasteiger partial charge on any atom is -0.380 e. The van der Waals surface area contributed by atoms with E-state index in [-0.39, 0.29) is 17.3 Å². The highest BCUT2D eigenvalue weighted by Gasteiger charge is 2.37. The summed E-state index contributed by atoms with van der Waals surface area (Å²) in [6.45, 7) is 0.902. The number of ketones is 1. The first kappa shape index (κ1) is 24.6. The first-order chi connectivity index (χ1) is 17.8. The molecule has 0 radical (unpaired) electrons. The number of benzene rings is 2. The Morgan fingerprint density at radius 2 is 1.68 bits per heavy atom. The maximum Gasteiger partial charge on any atom is 0.417 e. The van der Waals surface area contributed by atoms with Crippen LogP contribution in [0, 0.1) is 5.92 Å². The van der Waals surface area contributed by atoms with Gasteiger partial charge in [-0.2, -0.15) is 18.2 Å². The molecule has 1 saturated heterocycles. The van der Waals surface area contributed by atoms with Gasteiger partial charge in [0.15, 0.2) is 17.3 Å². The van der Waals surface area contributed by atoms with Crippen LogP contribution in [0.2, 0.25) is 0 Å². The first-order valence-electron chi connectivity index (χ1n) is 11.7. The number of anilines is 1. The van der Waals surface area contributed by atoms with E-state index < -0.39 is 29.5 Å². The zero-order valence-corrected chi connectivity index (χ0v) is 19.5. The normalized spacial score (nSPS) is 15.5. The van der Waals surface area contributed by atoms with Crippen molar-refractivity contribution in [1.82, 2.24) is 20.3 Å². The number of carbonyl (C=O) groups excluding carboxylic acids is 1. The molecule has 1 fully saturated rings. The van der Waals surface area contributed by atoms with E-state index in [4.69, 9.17) is 4.52 Å². The molecule has 0 aliphatic carbocycles. The summed E-state index contributed by atoms with van der Waals surface area (Å²) in [6, 6.07) is 17.2. The molecule has 0 bridgehead atoms. The second-order valence-corrected chi connectivity index (χ2v) is 8.72. The van der Waals surface area contributed by atoms with Gasteiger partial charge in [0.05, 0.1) is 5.56 Å². The van der Waals surface area contributed by atoms with Crippen LogP contribution in [0.15, 0.2) is 71.3 Å². The second-order valence-electron chi connectivity index (χ2n) is 8.72. The Labute approximate surface area is 209 Å². The Kier molecular flexibility index (Phi) is 6.70. The van der Waals surface area contributed by atoms with Crippen LogP contribution in [0.4, 0.5) is 19.0 Å². The highest BCUT2D eigenvalue weighted by molar-refractivity contribution is 5.99. The van der Waals surface area contributed by atoms with Crippen LogP contribution in [0.3, 0.4) is 0 Å². The molecule has 0 saturated carbocycles. The van der Waals surface area contributed by atoms with Gasteiger partial charge in [0, 0.05) is 24.6 Å². The van der Waals surface area contributed by atoms with Crippen molar-refractivity contribution in [3.63, 3.8) is 0 Å². The van der Waals surface area contributed by atoms with E-state index in [0.29, 0.717) is 43.0 Å². The number of halogens is 3. The number of aliphatic hydroxyl groups is 1. The lowest BCUT2D eigenvalue weighted by Crippen LogP contribution is -2.37. The third kappa shape index (κ3) is 5.21. The molecule has 2 aromatic heterocycles. The van der Waals surface area contributed by atoms with Gasteiger partial charge in [-0.15, -0.1) is 10.2 Å². The van der Waals surface area contributed by atoms with Crippen molar-refractivity contribution in [3.8, 4) is 11.6 Å². The van der Waals surface area contributed by atoms with Gasteiger partial charge in [-0.3, -0.25) is 4.79 Å². The summed E-state index contributed by atoms with van der Waals surface area (Å²) in [5, 5.41) is 22.6. The van der Waals surface area contributed by atoms with Gasteiger partial charge in [0.1, 0.15) is 6.10 Å². The number of carbonyl (C=O) groups is 1. The van der Waals surface area contributed by atoms with E-state index in [1.54, 1.807) is 36.4 Å². The van der Waals surface area contributed by atoms with Gasteiger partial charge in [0.25, 0.3) is 5.89 Å². The average molecular weight is 509 g/mol. The maximum absolute atomic E-state index is 13.3. The number of nitrogens with zero attached hydrogens (tertiary/aromatic N) is 5. The number of hydrogen-bond donors (Lipinski definition) is 1. The molecule has 1 N–H and O–H groups in total. The van der Waals surface area contributed by atoms with Crippen LogP contribution in [0.25, 0.3) is 11.6 Å². The SMILES string of the molecule is O=C(c1ccccc1C(F)(F)F)C1CCN(c2ccc(-c3nc(C(O)c4ccccc4)no3)nn2)CC1. The van der Waals surface area contributed by atoms with E-state index in [2.05, 4.69) is 20.3 Å². The van der Waals surface area contributed by atoms with Crippen molar-refractivity contribution in [2.45, 2.75) is 25.1 Å². The quantitative estimate of drug-likeness (QED) is 0.372. The molecule has 0 spiro atoms.